The van der Waals surface area contributed by atoms with E-state index < -0.39 is 0 Å². The number of rotatable bonds is 5. The summed E-state index contributed by atoms with van der Waals surface area (Å²) in [6, 6.07) is 0.0325. The van der Waals surface area contributed by atoms with Gasteiger partial charge in [-0.25, -0.2) is 0 Å². The Bertz CT molecular complexity index is 656. The van der Waals surface area contributed by atoms with Crippen LogP contribution >= 0.6 is 0 Å². The number of likely N-dealkylation sites (tertiary alicyclic amines) is 1. The molecule has 7 nitrogen and oxygen atoms in total. The molecule has 0 radical (unpaired) electrons. The monoisotopic (exact) mass is 315 g/mol. The van der Waals surface area contributed by atoms with Crippen LogP contribution in [0.1, 0.15) is 62.5 Å². The number of carbonyl (C=O) groups is 1. The first kappa shape index (κ1) is 15.6. The Morgan fingerprint density at radius 1 is 1.39 bits per heavy atom. The lowest BCUT2D eigenvalue weighted by Gasteiger charge is -2.23. The average molecular weight is 315 g/mol. The molecule has 3 rings (SSSR count). The lowest BCUT2D eigenvalue weighted by atomic mass is 10.1. The molecule has 1 unspecified atom stereocenters. The third-order valence-corrected chi connectivity index (χ3v) is 4.03. The molecule has 2 aromatic rings. The zero-order valence-corrected chi connectivity index (χ0v) is 13.5. The number of hydrogen-bond donors (Lipinski definition) is 0. The van der Waals surface area contributed by atoms with Crippen molar-refractivity contribution in [3.05, 3.63) is 36.1 Å². The van der Waals surface area contributed by atoms with Crippen molar-refractivity contribution in [2.24, 2.45) is 0 Å². The summed E-state index contributed by atoms with van der Waals surface area (Å²) in [5.74, 6) is 1.44. The van der Waals surface area contributed by atoms with Crippen LogP contribution in [-0.2, 0) is 11.2 Å². The summed E-state index contributed by atoms with van der Waals surface area (Å²) >= 11 is 0. The van der Waals surface area contributed by atoms with Crippen LogP contribution in [0.4, 0.5) is 0 Å². The van der Waals surface area contributed by atoms with E-state index in [1.54, 1.807) is 18.6 Å². The molecule has 0 spiro atoms. The third-order valence-electron chi connectivity index (χ3n) is 4.03. The molecule has 0 bridgehead atoms. The Labute approximate surface area is 135 Å². The summed E-state index contributed by atoms with van der Waals surface area (Å²) < 4.78 is 5.55. The maximum Gasteiger partial charge on any atom is 0.223 e. The molecule has 0 saturated carbocycles. The van der Waals surface area contributed by atoms with Gasteiger partial charge < -0.3 is 9.32 Å². The molecule has 23 heavy (non-hydrogen) atoms. The third kappa shape index (κ3) is 3.55. The van der Waals surface area contributed by atoms with Crippen molar-refractivity contribution in [3.63, 3.8) is 0 Å². The molecule has 0 N–H and O–H groups in total. The van der Waals surface area contributed by atoms with Crippen molar-refractivity contribution in [2.45, 2.75) is 51.5 Å². The Hall–Kier alpha value is -2.31. The summed E-state index contributed by atoms with van der Waals surface area (Å²) in [5.41, 5.74) is 0.859. The molecule has 2 aromatic heterocycles. The molecular formula is C16H21N5O2. The van der Waals surface area contributed by atoms with Crippen LogP contribution in [0.3, 0.4) is 0 Å². The second-order valence-corrected chi connectivity index (χ2v) is 6.06. The molecule has 7 heteroatoms. The van der Waals surface area contributed by atoms with Crippen LogP contribution in [-0.4, -0.2) is 37.5 Å². The van der Waals surface area contributed by atoms with Crippen LogP contribution < -0.4 is 0 Å². The molecular weight excluding hydrogens is 294 g/mol. The van der Waals surface area contributed by atoms with Crippen LogP contribution in [0.15, 0.2) is 23.0 Å². The van der Waals surface area contributed by atoms with Gasteiger partial charge in [-0.05, 0) is 12.8 Å². The van der Waals surface area contributed by atoms with Crippen molar-refractivity contribution < 1.29 is 9.21 Å². The zero-order chi connectivity index (χ0) is 16.2. The highest BCUT2D eigenvalue weighted by atomic mass is 16.4. The first-order chi connectivity index (χ1) is 11.1. The van der Waals surface area contributed by atoms with E-state index in [0.717, 1.165) is 25.1 Å². The Kier molecular flexibility index (Phi) is 4.64. The number of aryl methyl sites for hydroxylation is 1. The van der Waals surface area contributed by atoms with Gasteiger partial charge in [0.2, 0.25) is 17.7 Å². The molecule has 1 saturated heterocycles. The van der Waals surface area contributed by atoms with Crippen LogP contribution in [0.25, 0.3) is 0 Å². The fraction of sp³-hybridized carbons (Fsp3) is 0.562. The average Bonchev–Trinajstić information content (AvgIpc) is 3.23. The largest absolute Gasteiger partial charge is 0.425 e. The van der Waals surface area contributed by atoms with Crippen LogP contribution in [0.2, 0.25) is 0 Å². The van der Waals surface area contributed by atoms with E-state index in [-0.39, 0.29) is 17.9 Å². The Morgan fingerprint density at radius 2 is 2.26 bits per heavy atom. The normalized spacial score (nSPS) is 17.9. The Morgan fingerprint density at radius 3 is 2.96 bits per heavy atom. The minimum atomic E-state index is 0.0325. The number of carbonyl (C=O) groups excluding carboxylic acids is 1. The predicted octanol–water partition coefficient (Wildman–Crippen LogP) is 2.28. The highest BCUT2D eigenvalue weighted by Gasteiger charge is 2.30. The highest BCUT2D eigenvalue weighted by molar-refractivity contribution is 5.77. The van der Waals surface area contributed by atoms with Gasteiger partial charge in [0.15, 0.2) is 0 Å². The molecule has 0 aromatic carbocycles. The molecule has 0 aliphatic carbocycles. The SMILES string of the molecule is CC(C)c1nnc(CCC(=O)N2CCCC2c2cnccn2)o1. The van der Waals surface area contributed by atoms with E-state index >= 15 is 0 Å². The minimum Gasteiger partial charge on any atom is -0.425 e. The first-order valence-electron chi connectivity index (χ1n) is 8.03. The smallest absolute Gasteiger partial charge is 0.223 e. The standard InChI is InChI=1S/C16H21N5O2/c1-11(2)16-20-19-14(23-16)5-6-15(22)21-9-3-4-13(21)12-10-17-7-8-18-12/h7-8,10-11,13H,3-6,9H2,1-2H3. The topological polar surface area (TPSA) is 85.0 Å². The van der Waals surface area contributed by atoms with Crippen molar-refractivity contribution in [3.8, 4) is 0 Å². The number of amides is 1. The first-order valence-corrected chi connectivity index (χ1v) is 8.03. The van der Waals surface area contributed by atoms with Crippen molar-refractivity contribution >= 4 is 5.91 Å². The van der Waals surface area contributed by atoms with Crippen molar-refractivity contribution in [1.29, 1.82) is 0 Å². The summed E-state index contributed by atoms with van der Waals surface area (Å²) in [5, 5.41) is 8.00. The second-order valence-electron chi connectivity index (χ2n) is 6.06. The number of aromatic nitrogens is 4. The van der Waals surface area contributed by atoms with E-state index in [0.29, 0.717) is 24.6 Å². The second kappa shape index (κ2) is 6.85. The molecule has 122 valence electrons. The molecule has 1 amide bonds. The van der Waals surface area contributed by atoms with Gasteiger partial charge >= 0.3 is 0 Å². The van der Waals surface area contributed by atoms with Gasteiger partial charge in [-0.1, -0.05) is 13.8 Å². The van der Waals surface area contributed by atoms with Crippen LogP contribution in [0, 0.1) is 0 Å². The fourth-order valence-corrected chi connectivity index (χ4v) is 2.81. The van der Waals surface area contributed by atoms with Crippen molar-refractivity contribution in [1.82, 2.24) is 25.1 Å². The molecule has 1 aliphatic heterocycles. The number of nitrogens with zero attached hydrogens (tertiary/aromatic N) is 5. The van der Waals surface area contributed by atoms with E-state index in [4.69, 9.17) is 4.42 Å². The van der Waals surface area contributed by atoms with Gasteiger partial charge in [-0.15, -0.1) is 10.2 Å². The van der Waals surface area contributed by atoms with Gasteiger partial charge in [0.25, 0.3) is 0 Å². The fourth-order valence-electron chi connectivity index (χ4n) is 2.81. The van der Waals surface area contributed by atoms with Gasteiger partial charge in [0, 0.05) is 37.7 Å². The quantitative estimate of drug-likeness (QED) is 0.841. The van der Waals surface area contributed by atoms with E-state index in [2.05, 4.69) is 20.2 Å². The predicted molar refractivity (Wildman–Crippen MR) is 82.4 cm³/mol. The van der Waals surface area contributed by atoms with E-state index in [9.17, 15) is 4.79 Å². The number of hydrogen-bond acceptors (Lipinski definition) is 6. The summed E-state index contributed by atoms with van der Waals surface area (Å²) in [6.45, 7) is 4.76. The van der Waals surface area contributed by atoms with Crippen LogP contribution in [0.5, 0.6) is 0 Å². The lowest BCUT2D eigenvalue weighted by Crippen LogP contribution is -2.31. The van der Waals surface area contributed by atoms with Gasteiger partial charge in [0.05, 0.1) is 17.9 Å². The van der Waals surface area contributed by atoms with E-state index in [1.807, 2.05) is 18.7 Å². The van der Waals surface area contributed by atoms with Crippen molar-refractivity contribution in [2.75, 3.05) is 6.54 Å². The molecule has 1 fully saturated rings. The molecule has 1 aliphatic rings. The van der Waals surface area contributed by atoms with Gasteiger partial charge in [0.1, 0.15) is 0 Å². The maximum absolute atomic E-state index is 12.5. The highest BCUT2D eigenvalue weighted by Crippen LogP contribution is 2.30. The zero-order valence-electron chi connectivity index (χ0n) is 13.5. The summed E-state index contributed by atoms with van der Waals surface area (Å²) in [4.78, 5) is 22.9. The lowest BCUT2D eigenvalue weighted by molar-refractivity contribution is -0.132. The molecule has 1 atom stereocenters. The van der Waals surface area contributed by atoms with E-state index in [1.165, 1.54) is 0 Å². The van der Waals surface area contributed by atoms with Gasteiger partial charge in [-0.3, -0.25) is 14.8 Å². The summed E-state index contributed by atoms with van der Waals surface area (Å²) in [6.07, 6.45) is 7.82. The maximum atomic E-state index is 12.5. The minimum absolute atomic E-state index is 0.0325. The summed E-state index contributed by atoms with van der Waals surface area (Å²) in [7, 11) is 0. The molecule has 3 heterocycles. The van der Waals surface area contributed by atoms with Gasteiger partial charge in [-0.2, -0.15) is 0 Å². The Balaban J connectivity index is 1.61.